The molecular formula is C22H28FN3O. The van der Waals surface area contributed by atoms with Crippen LogP contribution in [0.3, 0.4) is 0 Å². The summed E-state index contributed by atoms with van der Waals surface area (Å²) in [4.78, 5) is 16.8. The number of halogens is 1. The summed E-state index contributed by atoms with van der Waals surface area (Å²) in [5.41, 5.74) is 3.00. The van der Waals surface area contributed by atoms with E-state index in [-0.39, 0.29) is 11.7 Å². The highest BCUT2D eigenvalue weighted by Gasteiger charge is 2.17. The van der Waals surface area contributed by atoms with Crippen LogP contribution in [0.2, 0.25) is 0 Å². The number of anilines is 1. The lowest BCUT2D eigenvalue weighted by molar-refractivity contribution is 0.0949. The highest BCUT2D eigenvalue weighted by atomic mass is 19.1. The second kappa shape index (κ2) is 9.00. The lowest BCUT2D eigenvalue weighted by atomic mass is 10.1. The van der Waals surface area contributed by atoms with Crippen molar-refractivity contribution in [1.29, 1.82) is 0 Å². The van der Waals surface area contributed by atoms with Crippen molar-refractivity contribution in [2.24, 2.45) is 5.92 Å². The molecule has 1 aliphatic rings. The van der Waals surface area contributed by atoms with Crippen LogP contribution in [0, 0.1) is 11.7 Å². The van der Waals surface area contributed by atoms with Crippen LogP contribution < -0.4 is 10.2 Å². The molecule has 1 fully saturated rings. The summed E-state index contributed by atoms with van der Waals surface area (Å²) in [6.07, 6.45) is 0. The van der Waals surface area contributed by atoms with Gasteiger partial charge >= 0.3 is 0 Å². The number of piperazine rings is 1. The lowest BCUT2D eigenvalue weighted by Crippen LogP contribution is -2.45. The van der Waals surface area contributed by atoms with E-state index < -0.39 is 0 Å². The van der Waals surface area contributed by atoms with Crippen molar-refractivity contribution in [1.82, 2.24) is 10.2 Å². The Morgan fingerprint density at radius 2 is 1.63 bits per heavy atom. The molecule has 0 bridgehead atoms. The molecule has 3 rings (SSSR count). The fourth-order valence-electron chi connectivity index (χ4n) is 3.23. The summed E-state index contributed by atoms with van der Waals surface area (Å²) in [6.45, 7) is 9.53. The minimum atomic E-state index is -0.196. The van der Waals surface area contributed by atoms with E-state index in [9.17, 15) is 9.18 Å². The van der Waals surface area contributed by atoms with Gasteiger partial charge in [0.15, 0.2) is 0 Å². The minimum Gasteiger partial charge on any atom is -0.369 e. The highest BCUT2D eigenvalue weighted by molar-refractivity contribution is 5.94. The molecule has 0 atom stereocenters. The Balaban J connectivity index is 1.48. The second-order valence-electron chi connectivity index (χ2n) is 7.54. The largest absolute Gasteiger partial charge is 0.369 e. The molecule has 5 heteroatoms. The molecule has 1 heterocycles. The first-order chi connectivity index (χ1) is 13.0. The molecular weight excluding hydrogens is 341 g/mol. The number of carbonyl (C=O) groups is 1. The van der Waals surface area contributed by atoms with E-state index in [1.807, 2.05) is 36.4 Å². The van der Waals surface area contributed by atoms with Crippen LogP contribution in [0.15, 0.2) is 48.5 Å². The normalized spacial score (nSPS) is 15.2. The molecule has 27 heavy (non-hydrogen) atoms. The number of carbonyl (C=O) groups excluding carboxylic acids is 1. The number of nitrogens with zero attached hydrogens (tertiary/aromatic N) is 2. The Morgan fingerprint density at radius 1 is 1.00 bits per heavy atom. The van der Waals surface area contributed by atoms with Crippen LogP contribution in [-0.4, -0.2) is 43.5 Å². The van der Waals surface area contributed by atoms with Gasteiger partial charge in [0.25, 0.3) is 5.91 Å². The van der Waals surface area contributed by atoms with Crippen LogP contribution in [-0.2, 0) is 6.54 Å². The molecule has 0 spiro atoms. The van der Waals surface area contributed by atoms with Crippen LogP contribution in [0.1, 0.15) is 29.8 Å². The van der Waals surface area contributed by atoms with Gasteiger partial charge in [-0.15, -0.1) is 0 Å². The van der Waals surface area contributed by atoms with Gasteiger partial charge in [-0.3, -0.25) is 9.69 Å². The average Bonchev–Trinajstić information content (AvgIpc) is 2.68. The van der Waals surface area contributed by atoms with E-state index in [1.165, 1.54) is 17.7 Å². The zero-order valence-corrected chi connectivity index (χ0v) is 16.1. The first kappa shape index (κ1) is 19.4. The summed E-state index contributed by atoms with van der Waals surface area (Å²) >= 11 is 0. The number of hydrogen-bond acceptors (Lipinski definition) is 3. The van der Waals surface area contributed by atoms with Gasteiger partial charge in [0.05, 0.1) is 0 Å². The van der Waals surface area contributed by atoms with Crippen LogP contribution in [0.25, 0.3) is 0 Å². The van der Waals surface area contributed by atoms with E-state index >= 15 is 0 Å². The zero-order chi connectivity index (χ0) is 19.2. The topological polar surface area (TPSA) is 35.6 Å². The summed E-state index contributed by atoms with van der Waals surface area (Å²) < 4.78 is 13.1. The number of benzene rings is 2. The van der Waals surface area contributed by atoms with E-state index in [2.05, 4.69) is 29.0 Å². The maximum atomic E-state index is 13.1. The van der Waals surface area contributed by atoms with Gasteiger partial charge in [0.1, 0.15) is 5.82 Å². The molecule has 0 unspecified atom stereocenters. The molecule has 1 aliphatic heterocycles. The van der Waals surface area contributed by atoms with Gasteiger partial charge in [-0.05, 0) is 47.9 Å². The number of amides is 1. The monoisotopic (exact) mass is 369 g/mol. The molecule has 2 aromatic rings. The van der Waals surface area contributed by atoms with Crippen molar-refractivity contribution in [2.75, 3.05) is 37.6 Å². The Hall–Kier alpha value is -2.40. The van der Waals surface area contributed by atoms with Crippen LogP contribution >= 0.6 is 0 Å². The number of hydrogen-bond donors (Lipinski definition) is 1. The maximum Gasteiger partial charge on any atom is 0.251 e. The summed E-state index contributed by atoms with van der Waals surface area (Å²) in [6, 6.07) is 14.6. The van der Waals surface area contributed by atoms with E-state index in [1.54, 1.807) is 0 Å². The molecule has 1 N–H and O–H groups in total. The third kappa shape index (κ3) is 5.54. The molecule has 0 saturated carbocycles. The summed E-state index contributed by atoms with van der Waals surface area (Å²) in [5, 5.41) is 2.94. The maximum absolute atomic E-state index is 13.1. The first-order valence-corrected chi connectivity index (χ1v) is 9.61. The zero-order valence-electron chi connectivity index (χ0n) is 16.1. The third-order valence-electron chi connectivity index (χ3n) is 4.86. The van der Waals surface area contributed by atoms with Gasteiger partial charge in [-0.25, -0.2) is 4.39 Å². The van der Waals surface area contributed by atoms with Crippen LogP contribution in [0.5, 0.6) is 0 Å². The molecule has 2 aromatic carbocycles. The predicted octanol–water partition coefficient (Wildman–Crippen LogP) is 3.53. The van der Waals surface area contributed by atoms with Crippen molar-refractivity contribution in [2.45, 2.75) is 20.4 Å². The predicted molar refractivity (Wildman–Crippen MR) is 108 cm³/mol. The van der Waals surface area contributed by atoms with E-state index in [0.717, 1.165) is 38.4 Å². The molecule has 0 aliphatic carbocycles. The van der Waals surface area contributed by atoms with Crippen molar-refractivity contribution in [3.8, 4) is 0 Å². The smallest absolute Gasteiger partial charge is 0.251 e. The van der Waals surface area contributed by atoms with Gasteiger partial charge in [-0.1, -0.05) is 26.0 Å². The quantitative estimate of drug-likeness (QED) is 0.846. The number of nitrogens with one attached hydrogen (secondary N) is 1. The summed E-state index contributed by atoms with van der Waals surface area (Å²) in [5.74, 6) is 0.240. The molecule has 4 nitrogen and oxygen atoms in total. The summed E-state index contributed by atoms with van der Waals surface area (Å²) in [7, 11) is 0. The van der Waals surface area contributed by atoms with Gasteiger partial charge < -0.3 is 10.2 Å². The third-order valence-corrected chi connectivity index (χ3v) is 4.86. The molecule has 1 saturated heterocycles. The SMILES string of the molecule is CC(C)CNC(=O)c1ccc(CN2CCN(c3ccc(F)cc3)CC2)cc1. The Labute approximate surface area is 161 Å². The first-order valence-electron chi connectivity index (χ1n) is 9.61. The standard InChI is InChI=1S/C22H28FN3O/c1-17(2)15-24-22(27)19-5-3-18(4-6-19)16-25-11-13-26(14-12-25)21-9-7-20(23)8-10-21/h3-10,17H,11-16H2,1-2H3,(H,24,27). The van der Waals surface area contributed by atoms with Gasteiger partial charge in [-0.2, -0.15) is 0 Å². The van der Waals surface area contributed by atoms with Crippen molar-refractivity contribution in [3.63, 3.8) is 0 Å². The van der Waals surface area contributed by atoms with E-state index in [4.69, 9.17) is 0 Å². The molecule has 0 radical (unpaired) electrons. The van der Waals surface area contributed by atoms with Gasteiger partial charge in [0.2, 0.25) is 0 Å². The molecule has 144 valence electrons. The Kier molecular flexibility index (Phi) is 6.45. The molecule has 0 aromatic heterocycles. The average molecular weight is 369 g/mol. The van der Waals surface area contributed by atoms with Crippen molar-refractivity contribution in [3.05, 3.63) is 65.5 Å². The van der Waals surface area contributed by atoms with Crippen molar-refractivity contribution >= 4 is 11.6 Å². The fourth-order valence-corrected chi connectivity index (χ4v) is 3.23. The van der Waals surface area contributed by atoms with Crippen LogP contribution in [0.4, 0.5) is 10.1 Å². The Bertz CT molecular complexity index is 735. The lowest BCUT2D eigenvalue weighted by Gasteiger charge is -2.36. The van der Waals surface area contributed by atoms with E-state index in [0.29, 0.717) is 18.0 Å². The highest BCUT2D eigenvalue weighted by Crippen LogP contribution is 2.18. The fraction of sp³-hybridized carbons (Fsp3) is 0.409. The van der Waals surface area contributed by atoms with Gasteiger partial charge in [0, 0.05) is 50.5 Å². The van der Waals surface area contributed by atoms with Crippen molar-refractivity contribution < 1.29 is 9.18 Å². The second-order valence-corrected chi connectivity index (χ2v) is 7.54. The molecule has 1 amide bonds. The minimum absolute atomic E-state index is 0.0110. The Morgan fingerprint density at radius 3 is 2.22 bits per heavy atom. The number of rotatable bonds is 6.